The lowest BCUT2D eigenvalue weighted by atomic mass is 10.1. The van der Waals surface area contributed by atoms with Gasteiger partial charge in [-0.25, -0.2) is 4.39 Å². The molecular formula is C16H15FN2O2S. The van der Waals surface area contributed by atoms with Crippen molar-refractivity contribution in [3.05, 3.63) is 71.0 Å². The van der Waals surface area contributed by atoms with Gasteiger partial charge in [-0.15, -0.1) is 0 Å². The van der Waals surface area contributed by atoms with E-state index in [-0.39, 0.29) is 5.56 Å². The van der Waals surface area contributed by atoms with E-state index in [1.165, 1.54) is 24.3 Å². The number of rotatable bonds is 4. The first-order valence-electron chi connectivity index (χ1n) is 6.54. The van der Waals surface area contributed by atoms with Crippen LogP contribution in [0.1, 0.15) is 26.3 Å². The minimum Gasteiger partial charge on any atom is -0.267 e. The first-order valence-corrected chi connectivity index (χ1v) is 7.93. The van der Waals surface area contributed by atoms with Gasteiger partial charge in [-0.1, -0.05) is 12.1 Å². The highest BCUT2D eigenvalue weighted by molar-refractivity contribution is 7.97. The zero-order valence-electron chi connectivity index (χ0n) is 11.9. The Balaban J connectivity index is 1.91. The summed E-state index contributed by atoms with van der Waals surface area (Å²) in [4.78, 5) is 23.7. The number of amides is 2. The van der Waals surface area contributed by atoms with Gasteiger partial charge in [0.1, 0.15) is 5.82 Å². The Bertz CT molecular complexity index is 657. The molecular weight excluding hydrogens is 303 g/mol. The van der Waals surface area contributed by atoms with Crippen LogP contribution in [0.15, 0.2) is 48.5 Å². The van der Waals surface area contributed by atoms with Crippen molar-refractivity contribution in [1.29, 1.82) is 0 Å². The van der Waals surface area contributed by atoms with E-state index >= 15 is 0 Å². The quantitative estimate of drug-likeness (QED) is 0.852. The number of hydrogen-bond donors (Lipinski definition) is 2. The summed E-state index contributed by atoms with van der Waals surface area (Å²) in [5, 5.41) is 0. The number of carbonyl (C=O) groups excluding carboxylic acids is 2. The van der Waals surface area contributed by atoms with Crippen LogP contribution in [0.5, 0.6) is 0 Å². The van der Waals surface area contributed by atoms with Gasteiger partial charge in [-0.05, 0) is 48.2 Å². The normalized spacial score (nSPS) is 10.1. The maximum atomic E-state index is 12.8. The lowest BCUT2D eigenvalue weighted by Crippen LogP contribution is -2.41. The molecule has 2 rings (SSSR count). The zero-order valence-corrected chi connectivity index (χ0v) is 12.7. The summed E-state index contributed by atoms with van der Waals surface area (Å²) in [6.45, 7) is 0. The molecule has 0 saturated heterocycles. The number of hydrazine groups is 1. The van der Waals surface area contributed by atoms with Gasteiger partial charge in [-0.3, -0.25) is 20.4 Å². The first-order chi connectivity index (χ1) is 10.6. The molecule has 0 aromatic heterocycles. The maximum Gasteiger partial charge on any atom is 0.269 e. The van der Waals surface area contributed by atoms with E-state index in [1.807, 2.05) is 18.4 Å². The summed E-state index contributed by atoms with van der Waals surface area (Å²) in [5.41, 5.74) is 6.45. The summed E-state index contributed by atoms with van der Waals surface area (Å²) < 4.78 is 12.8. The molecule has 0 fully saturated rings. The molecule has 0 heterocycles. The minimum atomic E-state index is -0.507. The summed E-state index contributed by atoms with van der Waals surface area (Å²) in [6, 6.07) is 12.2. The third kappa shape index (κ3) is 4.33. The van der Waals surface area contributed by atoms with Gasteiger partial charge in [-0.2, -0.15) is 11.8 Å². The van der Waals surface area contributed by atoms with E-state index in [1.54, 1.807) is 23.9 Å². The summed E-state index contributed by atoms with van der Waals surface area (Å²) in [7, 11) is 0. The monoisotopic (exact) mass is 318 g/mol. The number of carbonyl (C=O) groups is 2. The number of hydrogen-bond acceptors (Lipinski definition) is 3. The van der Waals surface area contributed by atoms with Crippen LogP contribution in [0.25, 0.3) is 0 Å². The predicted octanol–water partition coefficient (Wildman–Crippen LogP) is 2.76. The third-order valence-electron chi connectivity index (χ3n) is 2.92. The molecule has 0 saturated carbocycles. The molecule has 0 aliphatic carbocycles. The van der Waals surface area contributed by atoms with Crippen LogP contribution in [0.4, 0.5) is 4.39 Å². The van der Waals surface area contributed by atoms with E-state index in [9.17, 15) is 14.0 Å². The number of benzene rings is 2. The Kier molecular flexibility index (Phi) is 5.55. The summed E-state index contributed by atoms with van der Waals surface area (Å²) >= 11 is 1.70. The van der Waals surface area contributed by atoms with Gasteiger partial charge in [0, 0.05) is 16.9 Å². The van der Waals surface area contributed by atoms with Crippen LogP contribution in [-0.2, 0) is 5.75 Å². The molecule has 22 heavy (non-hydrogen) atoms. The average Bonchev–Trinajstić information content (AvgIpc) is 2.54. The van der Waals surface area contributed by atoms with Crippen LogP contribution in [-0.4, -0.2) is 18.1 Å². The molecule has 0 bridgehead atoms. The Morgan fingerprint density at radius 1 is 0.909 bits per heavy atom. The predicted molar refractivity (Wildman–Crippen MR) is 85.0 cm³/mol. The molecule has 0 unspecified atom stereocenters. The van der Waals surface area contributed by atoms with Crippen molar-refractivity contribution < 1.29 is 14.0 Å². The van der Waals surface area contributed by atoms with Gasteiger partial charge in [0.05, 0.1) is 0 Å². The number of nitrogens with one attached hydrogen (secondary N) is 2. The smallest absolute Gasteiger partial charge is 0.267 e. The first kappa shape index (κ1) is 16.0. The van der Waals surface area contributed by atoms with Crippen molar-refractivity contribution in [2.75, 3.05) is 6.26 Å². The van der Waals surface area contributed by atoms with Crippen molar-refractivity contribution in [2.24, 2.45) is 0 Å². The largest absolute Gasteiger partial charge is 0.269 e. The van der Waals surface area contributed by atoms with Crippen LogP contribution in [0.3, 0.4) is 0 Å². The highest BCUT2D eigenvalue weighted by Crippen LogP contribution is 2.10. The van der Waals surface area contributed by atoms with E-state index in [2.05, 4.69) is 10.9 Å². The molecule has 0 atom stereocenters. The van der Waals surface area contributed by atoms with Crippen molar-refractivity contribution in [3.63, 3.8) is 0 Å². The van der Waals surface area contributed by atoms with Crippen LogP contribution in [0.2, 0.25) is 0 Å². The van der Waals surface area contributed by atoms with Crippen LogP contribution in [0, 0.1) is 5.82 Å². The van der Waals surface area contributed by atoms with Crippen molar-refractivity contribution in [1.82, 2.24) is 10.9 Å². The fourth-order valence-corrected chi connectivity index (χ4v) is 2.30. The molecule has 2 amide bonds. The summed E-state index contributed by atoms with van der Waals surface area (Å²) in [6.07, 6.45) is 2.01. The van der Waals surface area contributed by atoms with Crippen molar-refractivity contribution in [2.45, 2.75) is 5.75 Å². The topological polar surface area (TPSA) is 58.2 Å². The van der Waals surface area contributed by atoms with Crippen LogP contribution < -0.4 is 10.9 Å². The Morgan fingerprint density at radius 3 is 1.82 bits per heavy atom. The molecule has 2 aromatic carbocycles. The molecule has 2 aromatic rings. The molecule has 4 nitrogen and oxygen atoms in total. The van der Waals surface area contributed by atoms with Crippen LogP contribution >= 0.6 is 11.8 Å². The Labute approximate surface area is 132 Å². The lowest BCUT2D eigenvalue weighted by Gasteiger charge is -2.08. The zero-order chi connectivity index (χ0) is 15.9. The SMILES string of the molecule is CSCc1ccc(C(=O)NNC(=O)c2ccc(F)cc2)cc1. The van der Waals surface area contributed by atoms with Gasteiger partial charge in [0.25, 0.3) is 11.8 Å². The molecule has 0 radical (unpaired) electrons. The Morgan fingerprint density at radius 2 is 1.36 bits per heavy atom. The van der Waals surface area contributed by atoms with E-state index in [0.717, 1.165) is 11.3 Å². The second kappa shape index (κ2) is 7.61. The number of halogens is 1. The van der Waals surface area contributed by atoms with Crippen molar-refractivity contribution in [3.8, 4) is 0 Å². The number of thioether (sulfide) groups is 1. The van der Waals surface area contributed by atoms with Gasteiger partial charge < -0.3 is 0 Å². The minimum absolute atomic E-state index is 0.261. The maximum absolute atomic E-state index is 12.8. The molecule has 114 valence electrons. The molecule has 6 heteroatoms. The molecule has 0 spiro atoms. The molecule has 0 aliphatic heterocycles. The van der Waals surface area contributed by atoms with E-state index < -0.39 is 17.6 Å². The second-order valence-electron chi connectivity index (χ2n) is 4.55. The highest BCUT2D eigenvalue weighted by atomic mass is 32.2. The summed E-state index contributed by atoms with van der Waals surface area (Å²) in [5.74, 6) is -0.465. The second-order valence-corrected chi connectivity index (χ2v) is 5.41. The van der Waals surface area contributed by atoms with Gasteiger partial charge >= 0.3 is 0 Å². The van der Waals surface area contributed by atoms with E-state index in [0.29, 0.717) is 5.56 Å². The third-order valence-corrected chi connectivity index (χ3v) is 3.55. The fraction of sp³-hybridized carbons (Fsp3) is 0.125. The lowest BCUT2D eigenvalue weighted by molar-refractivity contribution is 0.0846. The van der Waals surface area contributed by atoms with Gasteiger partial charge in [0.2, 0.25) is 0 Å². The average molecular weight is 318 g/mol. The highest BCUT2D eigenvalue weighted by Gasteiger charge is 2.09. The molecule has 2 N–H and O–H groups in total. The van der Waals surface area contributed by atoms with Crippen molar-refractivity contribution >= 4 is 23.6 Å². The standard InChI is InChI=1S/C16H15FN2O2S/c1-22-10-11-2-4-12(5-3-11)15(20)18-19-16(21)13-6-8-14(17)9-7-13/h2-9H,10H2,1H3,(H,18,20)(H,19,21). The molecule has 0 aliphatic rings. The van der Waals surface area contributed by atoms with E-state index in [4.69, 9.17) is 0 Å². The van der Waals surface area contributed by atoms with Gasteiger partial charge in [0.15, 0.2) is 0 Å². The Hall–Kier alpha value is -2.34. The fourth-order valence-electron chi connectivity index (χ4n) is 1.78.